The average molecular weight is 219 g/mol. The van der Waals surface area contributed by atoms with Crippen molar-refractivity contribution in [1.29, 1.82) is 0 Å². The molecule has 3 unspecified atom stereocenters. The Balaban J connectivity index is 2.10. The Morgan fingerprint density at radius 2 is 2.19 bits per heavy atom. The van der Waals surface area contributed by atoms with Crippen LogP contribution in [0.5, 0.6) is 5.75 Å². The van der Waals surface area contributed by atoms with Gasteiger partial charge in [-0.1, -0.05) is 25.5 Å². The van der Waals surface area contributed by atoms with E-state index < -0.39 is 0 Å². The Morgan fingerprint density at radius 3 is 2.81 bits per heavy atom. The molecule has 0 aliphatic heterocycles. The normalized spacial score (nSPS) is 26.7. The van der Waals surface area contributed by atoms with Gasteiger partial charge in [-0.15, -0.1) is 0 Å². The molecule has 1 aliphatic carbocycles. The van der Waals surface area contributed by atoms with Crippen LogP contribution >= 0.6 is 0 Å². The van der Waals surface area contributed by atoms with Crippen LogP contribution in [0.25, 0.3) is 0 Å². The zero-order valence-corrected chi connectivity index (χ0v) is 10.1. The van der Waals surface area contributed by atoms with E-state index in [2.05, 4.69) is 19.1 Å². The molecule has 0 spiro atoms. The minimum Gasteiger partial charge on any atom is -0.497 e. The second-order valence-electron chi connectivity index (χ2n) is 4.98. The maximum atomic E-state index is 6.33. The monoisotopic (exact) mass is 219 g/mol. The molecular weight excluding hydrogens is 198 g/mol. The lowest BCUT2D eigenvalue weighted by Gasteiger charge is -2.20. The van der Waals surface area contributed by atoms with E-state index in [0.29, 0.717) is 5.92 Å². The van der Waals surface area contributed by atoms with Crippen LogP contribution in [0.15, 0.2) is 24.3 Å². The van der Waals surface area contributed by atoms with Crippen LogP contribution in [0.2, 0.25) is 0 Å². The number of ether oxygens (including phenoxy) is 1. The highest BCUT2D eigenvalue weighted by Crippen LogP contribution is 2.38. The van der Waals surface area contributed by atoms with Crippen LogP contribution < -0.4 is 10.5 Å². The van der Waals surface area contributed by atoms with Crippen molar-refractivity contribution in [2.45, 2.75) is 32.2 Å². The van der Waals surface area contributed by atoms with Gasteiger partial charge < -0.3 is 10.5 Å². The highest BCUT2D eigenvalue weighted by atomic mass is 16.5. The first-order valence-corrected chi connectivity index (χ1v) is 6.10. The fourth-order valence-electron chi connectivity index (χ4n) is 2.70. The van der Waals surface area contributed by atoms with Crippen molar-refractivity contribution in [1.82, 2.24) is 0 Å². The van der Waals surface area contributed by atoms with Crippen molar-refractivity contribution in [3.05, 3.63) is 29.8 Å². The minimum absolute atomic E-state index is 0.167. The van der Waals surface area contributed by atoms with Crippen molar-refractivity contribution in [3.8, 4) is 5.75 Å². The molecule has 1 fully saturated rings. The first kappa shape index (κ1) is 11.5. The number of hydrogen-bond acceptors (Lipinski definition) is 2. The van der Waals surface area contributed by atoms with E-state index in [1.807, 2.05) is 12.1 Å². The standard InChI is InChI=1S/C14H21NO/c1-10-6-7-12(8-10)14(15)11-4-3-5-13(9-11)16-2/h3-5,9-10,12,14H,6-8,15H2,1-2H3. The molecule has 1 aromatic carbocycles. The highest BCUT2D eigenvalue weighted by molar-refractivity contribution is 5.30. The number of hydrogen-bond donors (Lipinski definition) is 1. The van der Waals surface area contributed by atoms with Crippen LogP contribution in [0, 0.1) is 11.8 Å². The van der Waals surface area contributed by atoms with E-state index in [4.69, 9.17) is 10.5 Å². The minimum atomic E-state index is 0.167. The van der Waals surface area contributed by atoms with Crippen LogP contribution in [0.4, 0.5) is 0 Å². The molecule has 1 saturated carbocycles. The van der Waals surface area contributed by atoms with Gasteiger partial charge in [0.05, 0.1) is 7.11 Å². The molecule has 0 saturated heterocycles. The fraction of sp³-hybridized carbons (Fsp3) is 0.571. The summed E-state index contributed by atoms with van der Waals surface area (Å²) in [7, 11) is 1.70. The molecule has 16 heavy (non-hydrogen) atoms. The summed E-state index contributed by atoms with van der Waals surface area (Å²) in [5.41, 5.74) is 7.54. The van der Waals surface area contributed by atoms with Crippen LogP contribution in [-0.2, 0) is 0 Å². The summed E-state index contributed by atoms with van der Waals surface area (Å²) in [5, 5.41) is 0. The van der Waals surface area contributed by atoms with Crippen molar-refractivity contribution in [3.63, 3.8) is 0 Å². The number of benzene rings is 1. The largest absolute Gasteiger partial charge is 0.497 e. The van der Waals surface area contributed by atoms with E-state index in [-0.39, 0.29) is 6.04 Å². The maximum Gasteiger partial charge on any atom is 0.119 e. The summed E-state index contributed by atoms with van der Waals surface area (Å²) in [6.45, 7) is 2.32. The van der Waals surface area contributed by atoms with E-state index in [0.717, 1.165) is 11.7 Å². The second kappa shape index (κ2) is 4.88. The van der Waals surface area contributed by atoms with Gasteiger partial charge in [-0.2, -0.15) is 0 Å². The predicted molar refractivity (Wildman–Crippen MR) is 66.4 cm³/mol. The quantitative estimate of drug-likeness (QED) is 0.847. The maximum absolute atomic E-state index is 6.33. The van der Waals surface area contributed by atoms with Gasteiger partial charge in [0.15, 0.2) is 0 Å². The molecule has 0 radical (unpaired) electrons. The molecule has 2 heteroatoms. The number of methoxy groups -OCH3 is 1. The summed E-state index contributed by atoms with van der Waals surface area (Å²) >= 11 is 0. The molecule has 0 amide bonds. The Hall–Kier alpha value is -1.02. The smallest absolute Gasteiger partial charge is 0.119 e. The van der Waals surface area contributed by atoms with Gasteiger partial charge in [0.1, 0.15) is 5.75 Å². The zero-order valence-electron chi connectivity index (χ0n) is 10.1. The second-order valence-corrected chi connectivity index (χ2v) is 4.98. The van der Waals surface area contributed by atoms with Gasteiger partial charge in [0, 0.05) is 6.04 Å². The Bertz CT molecular complexity index is 350. The van der Waals surface area contributed by atoms with Crippen LogP contribution in [0.3, 0.4) is 0 Å². The van der Waals surface area contributed by atoms with Gasteiger partial charge in [0.2, 0.25) is 0 Å². The molecular formula is C14H21NO. The Morgan fingerprint density at radius 1 is 1.38 bits per heavy atom. The topological polar surface area (TPSA) is 35.2 Å². The van der Waals surface area contributed by atoms with Crippen molar-refractivity contribution >= 4 is 0 Å². The number of nitrogens with two attached hydrogens (primary N) is 1. The van der Waals surface area contributed by atoms with E-state index >= 15 is 0 Å². The number of rotatable bonds is 3. The lowest BCUT2D eigenvalue weighted by Crippen LogP contribution is -2.19. The molecule has 2 rings (SSSR count). The Labute approximate surface area is 97.8 Å². The van der Waals surface area contributed by atoms with Gasteiger partial charge in [0.25, 0.3) is 0 Å². The molecule has 3 atom stereocenters. The molecule has 2 N–H and O–H groups in total. The van der Waals surface area contributed by atoms with Crippen molar-refractivity contribution < 1.29 is 4.74 Å². The summed E-state index contributed by atoms with van der Waals surface area (Å²) in [5.74, 6) is 2.38. The SMILES string of the molecule is COc1cccc(C(N)C2CCC(C)C2)c1. The molecule has 1 aromatic rings. The van der Waals surface area contributed by atoms with Gasteiger partial charge in [-0.05, 0) is 42.4 Å². The summed E-state index contributed by atoms with van der Waals surface area (Å²) < 4.78 is 5.23. The van der Waals surface area contributed by atoms with E-state index in [1.165, 1.54) is 24.8 Å². The zero-order chi connectivity index (χ0) is 11.5. The fourth-order valence-corrected chi connectivity index (χ4v) is 2.70. The van der Waals surface area contributed by atoms with Crippen LogP contribution in [0.1, 0.15) is 37.8 Å². The molecule has 1 aliphatic rings. The molecule has 0 bridgehead atoms. The highest BCUT2D eigenvalue weighted by Gasteiger charge is 2.27. The average Bonchev–Trinajstić information content (AvgIpc) is 2.75. The van der Waals surface area contributed by atoms with E-state index in [9.17, 15) is 0 Å². The molecule has 2 nitrogen and oxygen atoms in total. The van der Waals surface area contributed by atoms with Crippen molar-refractivity contribution in [2.75, 3.05) is 7.11 Å². The summed E-state index contributed by atoms with van der Waals surface area (Å²) in [6.07, 6.45) is 3.85. The summed E-state index contributed by atoms with van der Waals surface area (Å²) in [6, 6.07) is 8.32. The van der Waals surface area contributed by atoms with E-state index in [1.54, 1.807) is 7.11 Å². The van der Waals surface area contributed by atoms with Crippen LogP contribution in [-0.4, -0.2) is 7.11 Å². The molecule has 0 aromatic heterocycles. The lowest BCUT2D eigenvalue weighted by atomic mass is 9.92. The molecule has 0 heterocycles. The van der Waals surface area contributed by atoms with Gasteiger partial charge >= 0.3 is 0 Å². The van der Waals surface area contributed by atoms with Crippen molar-refractivity contribution in [2.24, 2.45) is 17.6 Å². The first-order valence-electron chi connectivity index (χ1n) is 6.10. The third kappa shape index (κ3) is 2.38. The first-order chi connectivity index (χ1) is 7.70. The lowest BCUT2D eigenvalue weighted by molar-refractivity contribution is 0.407. The predicted octanol–water partition coefficient (Wildman–Crippen LogP) is 3.13. The third-order valence-corrected chi connectivity index (χ3v) is 3.72. The van der Waals surface area contributed by atoms with Gasteiger partial charge in [-0.3, -0.25) is 0 Å². The van der Waals surface area contributed by atoms with Gasteiger partial charge in [-0.25, -0.2) is 0 Å². The third-order valence-electron chi connectivity index (χ3n) is 3.72. The molecule has 88 valence electrons. The summed E-state index contributed by atoms with van der Waals surface area (Å²) in [4.78, 5) is 0. The Kier molecular flexibility index (Phi) is 3.49.